The molecule has 1 atom stereocenters. The van der Waals surface area contributed by atoms with E-state index < -0.39 is 23.2 Å². The summed E-state index contributed by atoms with van der Waals surface area (Å²) in [4.78, 5) is 39.9. The van der Waals surface area contributed by atoms with Crippen molar-refractivity contribution < 1.29 is 27.9 Å². The van der Waals surface area contributed by atoms with Crippen molar-refractivity contribution in [1.29, 1.82) is 0 Å². The molecular weight excluding hydrogens is 410 g/mol. The number of nitrogens with zero attached hydrogens (tertiary/aromatic N) is 2. The minimum atomic E-state index is -1.03. The SMILES string of the molecule is CNC(=O)NC(C=O)(CCC(=O)N1CCN(c2cc(F)c(F)c(OC)c2)CC1)C1CC1. The lowest BCUT2D eigenvalue weighted by Crippen LogP contribution is -2.55. The van der Waals surface area contributed by atoms with Crippen LogP contribution in [0.2, 0.25) is 0 Å². The lowest BCUT2D eigenvalue weighted by Gasteiger charge is -2.37. The van der Waals surface area contributed by atoms with E-state index in [0.717, 1.165) is 25.2 Å². The van der Waals surface area contributed by atoms with Gasteiger partial charge in [0.15, 0.2) is 11.6 Å². The maximum absolute atomic E-state index is 13.8. The number of carbonyl (C=O) groups excluding carboxylic acids is 3. The predicted molar refractivity (Wildman–Crippen MR) is 110 cm³/mol. The summed E-state index contributed by atoms with van der Waals surface area (Å²) in [6, 6.07) is 2.12. The van der Waals surface area contributed by atoms with Crippen LogP contribution in [0.4, 0.5) is 19.3 Å². The van der Waals surface area contributed by atoms with Crippen LogP contribution >= 0.6 is 0 Å². The van der Waals surface area contributed by atoms with E-state index in [-0.39, 0.29) is 30.4 Å². The standard InChI is InChI=1S/C21H28F2N4O4/c1-24-20(30)25-21(13-28,14-3-4-14)6-5-18(29)27-9-7-26(8-10-27)15-11-16(22)19(23)17(12-15)31-2/h11-14H,3-10H2,1-2H3,(H2,24,25,30). The van der Waals surface area contributed by atoms with Crippen LogP contribution in [0, 0.1) is 17.6 Å². The molecule has 1 aliphatic heterocycles. The van der Waals surface area contributed by atoms with Crippen LogP contribution in [0.1, 0.15) is 25.7 Å². The van der Waals surface area contributed by atoms with Gasteiger partial charge in [0.1, 0.15) is 11.8 Å². The Morgan fingerprint density at radius 3 is 2.45 bits per heavy atom. The molecule has 0 bridgehead atoms. The summed E-state index contributed by atoms with van der Waals surface area (Å²) in [7, 11) is 2.75. The maximum Gasteiger partial charge on any atom is 0.315 e. The molecule has 10 heteroatoms. The molecule has 3 amide bonds. The molecule has 0 spiro atoms. The van der Waals surface area contributed by atoms with E-state index in [2.05, 4.69) is 10.6 Å². The molecule has 1 unspecified atom stereocenters. The minimum Gasteiger partial charge on any atom is -0.493 e. The molecule has 1 aromatic rings. The summed E-state index contributed by atoms with van der Waals surface area (Å²) in [6.07, 6.45) is 2.81. The summed E-state index contributed by atoms with van der Waals surface area (Å²) in [6.45, 7) is 1.75. The second-order valence-corrected chi connectivity index (χ2v) is 7.95. The summed E-state index contributed by atoms with van der Waals surface area (Å²) >= 11 is 0. The minimum absolute atomic E-state index is 0.0512. The van der Waals surface area contributed by atoms with Gasteiger partial charge in [0.25, 0.3) is 0 Å². The van der Waals surface area contributed by atoms with E-state index >= 15 is 0 Å². The second-order valence-electron chi connectivity index (χ2n) is 7.95. The number of hydrogen-bond donors (Lipinski definition) is 2. The molecule has 0 aromatic heterocycles. The summed E-state index contributed by atoms with van der Waals surface area (Å²) in [5.74, 6) is -2.23. The zero-order valence-electron chi connectivity index (χ0n) is 17.7. The normalized spacial score (nSPS) is 18.2. The van der Waals surface area contributed by atoms with Crippen molar-refractivity contribution in [3.05, 3.63) is 23.8 Å². The van der Waals surface area contributed by atoms with Gasteiger partial charge in [-0.1, -0.05) is 0 Å². The molecule has 1 saturated carbocycles. The highest BCUT2D eigenvalue weighted by molar-refractivity contribution is 5.82. The number of urea groups is 1. The Bertz CT molecular complexity index is 841. The topological polar surface area (TPSA) is 91.0 Å². The third kappa shape index (κ3) is 5.05. The average Bonchev–Trinajstić information content (AvgIpc) is 3.64. The Balaban J connectivity index is 1.57. The van der Waals surface area contributed by atoms with Gasteiger partial charge < -0.3 is 30.0 Å². The van der Waals surface area contributed by atoms with Crippen LogP contribution < -0.4 is 20.3 Å². The Morgan fingerprint density at radius 2 is 1.90 bits per heavy atom. The van der Waals surface area contributed by atoms with E-state index in [1.165, 1.54) is 20.2 Å². The highest BCUT2D eigenvalue weighted by Crippen LogP contribution is 2.41. The Kier molecular flexibility index (Phi) is 6.97. The van der Waals surface area contributed by atoms with E-state index in [1.807, 2.05) is 4.90 Å². The van der Waals surface area contributed by atoms with Gasteiger partial charge in [0.2, 0.25) is 11.7 Å². The highest BCUT2D eigenvalue weighted by Gasteiger charge is 2.46. The first-order chi connectivity index (χ1) is 14.8. The monoisotopic (exact) mass is 438 g/mol. The van der Waals surface area contributed by atoms with Crippen molar-refractivity contribution in [2.75, 3.05) is 45.2 Å². The molecular formula is C21H28F2N4O4. The first kappa shape index (κ1) is 22.8. The fraction of sp³-hybridized carbons (Fsp3) is 0.571. The lowest BCUT2D eigenvalue weighted by molar-refractivity contribution is -0.132. The number of anilines is 1. The van der Waals surface area contributed by atoms with Crippen LogP contribution in [-0.4, -0.2) is 69.0 Å². The van der Waals surface area contributed by atoms with Gasteiger partial charge in [0.05, 0.1) is 7.11 Å². The van der Waals surface area contributed by atoms with Gasteiger partial charge in [-0.25, -0.2) is 9.18 Å². The molecule has 1 heterocycles. The van der Waals surface area contributed by atoms with Gasteiger partial charge in [-0.15, -0.1) is 0 Å². The van der Waals surface area contributed by atoms with Crippen LogP contribution in [-0.2, 0) is 9.59 Å². The Labute approximate surface area is 179 Å². The number of ether oxygens (including phenoxy) is 1. The maximum atomic E-state index is 13.8. The fourth-order valence-electron chi connectivity index (χ4n) is 3.99. The van der Waals surface area contributed by atoms with Gasteiger partial charge in [-0.3, -0.25) is 4.79 Å². The second kappa shape index (κ2) is 9.49. The largest absolute Gasteiger partial charge is 0.493 e. The van der Waals surface area contributed by atoms with Crippen molar-refractivity contribution >= 4 is 23.9 Å². The van der Waals surface area contributed by atoms with Crippen LogP contribution in [0.5, 0.6) is 5.75 Å². The van der Waals surface area contributed by atoms with Gasteiger partial charge in [0, 0.05) is 57.5 Å². The Morgan fingerprint density at radius 1 is 1.23 bits per heavy atom. The summed E-state index contributed by atoms with van der Waals surface area (Å²) < 4.78 is 32.4. The number of aldehydes is 1. The highest BCUT2D eigenvalue weighted by atomic mass is 19.2. The number of rotatable bonds is 8. The smallest absolute Gasteiger partial charge is 0.315 e. The summed E-state index contributed by atoms with van der Waals surface area (Å²) in [5.41, 5.74) is -0.536. The van der Waals surface area contributed by atoms with Crippen LogP contribution in [0.3, 0.4) is 0 Å². The lowest BCUT2D eigenvalue weighted by atomic mass is 9.89. The fourth-order valence-corrected chi connectivity index (χ4v) is 3.99. The quantitative estimate of drug-likeness (QED) is 0.603. The van der Waals surface area contributed by atoms with Gasteiger partial charge in [-0.05, 0) is 25.2 Å². The van der Waals surface area contributed by atoms with Crippen LogP contribution in [0.25, 0.3) is 0 Å². The average molecular weight is 438 g/mol. The molecule has 2 aliphatic rings. The zero-order chi connectivity index (χ0) is 22.6. The third-order valence-corrected chi connectivity index (χ3v) is 6.04. The number of halogens is 2. The first-order valence-corrected chi connectivity index (χ1v) is 10.4. The van der Waals surface area contributed by atoms with E-state index in [1.54, 1.807) is 4.90 Å². The van der Waals surface area contributed by atoms with Crippen molar-refractivity contribution in [3.8, 4) is 5.75 Å². The molecule has 31 heavy (non-hydrogen) atoms. The van der Waals surface area contributed by atoms with Gasteiger partial charge >= 0.3 is 6.03 Å². The molecule has 8 nitrogen and oxygen atoms in total. The first-order valence-electron chi connectivity index (χ1n) is 10.4. The zero-order valence-corrected chi connectivity index (χ0v) is 17.7. The molecule has 1 aromatic carbocycles. The van der Waals surface area contributed by atoms with E-state index in [0.29, 0.717) is 31.9 Å². The number of methoxy groups -OCH3 is 1. The third-order valence-electron chi connectivity index (χ3n) is 6.04. The Hall–Kier alpha value is -2.91. The number of benzene rings is 1. The van der Waals surface area contributed by atoms with Gasteiger partial charge in [-0.2, -0.15) is 4.39 Å². The van der Waals surface area contributed by atoms with Crippen molar-refractivity contribution in [1.82, 2.24) is 15.5 Å². The predicted octanol–water partition coefficient (Wildman–Crippen LogP) is 1.68. The molecule has 1 saturated heterocycles. The number of piperazine rings is 1. The molecule has 0 radical (unpaired) electrons. The van der Waals surface area contributed by atoms with E-state index in [4.69, 9.17) is 4.74 Å². The van der Waals surface area contributed by atoms with Crippen molar-refractivity contribution in [2.24, 2.45) is 5.92 Å². The number of nitrogens with one attached hydrogen (secondary N) is 2. The molecule has 170 valence electrons. The number of hydrogen-bond acceptors (Lipinski definition) is 5. The molecule has 2 fully saturated rings. The van der Waals surface area contributed by atoms with E-state index in [9.17, 15) is 23.2 Å². The van der Waals surface area contributed by atoms with Crippen molar-refractivity contribution in [2.45, 2.75) is 31.2 Å². The number of carbonyl (C=O) groups is 3. The molecule has 2 N–H and O–H groups in total. The molecule has 1 aliphatic carbocycles. The number of amides is 3. The summed E-state index contributed by atoms with van der Waals surface area (Å²) in [5, 5.41) is 5.18. The van der Waals surface area contributed by atoms with Crippen molar-refractivity contribution in [3.63, 3.8) is 0 Å². The molecule has 3 rings (SSSR count). The van der Waals surface area contributed by atoms with Crippen LogP contribution in [0.15, 0.2) is 12.1 Å².